The highest BCUT2D eigenvalue weighted by Crippen LogP contribution is 2.50. The predicted molar refractivity (Wildman–Crippen MR) is 176 cm³/mol. The zero-order valence-corrected chi connectivity index (χ0v) is 28.2. The molecule has 1 aromatic heterocycles. The highest BCUT2D eigenvalue weighted by Gasteiger charge is 2.50. The molecule has 2 amide bonds. The molecule has 2 atom stereocenters. The van der Waals surface area contributed by atoms with Gasteiger partial charge in [-0.25, -0.2) is 4.72 Å². The van der Waals surface area contributed by atoms with Crippen LogP contribution < -0.4 is 9.46 Å². The summed E-state index contributed by atoms with van der Waals surface area (Å²) in [4.78, 5) is 30.7. The molecule has 5 rings (SSSR count). The Labute approximate surface area is 270 Å². The van der Waals surface area contributed by atoms with Crippen LogP contribution >= 0.6 is 0 Å². The number of likely N-dealkylation sites (N-methyl/N-ethyl adjacent to an activating group) is 2. The van der Waals surface area contributed by atoms with Crippen molar-refractivity contribution < 1.29 is 33.0 Å². The first-order chi connectivity index (χ1) is 21.7. The Morgan fingerprint density at radius 2 is 1.72 bits per heavy atom. The molecule has 0 radical (unpaired) electrons. The third kappa shape index (κ3) is 6.14. The quantitative estimate of drug-likeness (QED) is 0.319. The van der Waals surface area contributed by atoms with Gasteiger partial charge in [0.05, 0.1) is 19.3 Å². The van der Waals surface area contributed by atoms with Gasteiger partial charge in [0.25, 0.3) is 11.8 Å². The van der Waals surface area contributed by atoms with Crippen LogP contribution in [0.15, 0.2) is 36.4 Å². The zero-order valence-electron chi connectivity index (χ0n) is 27.4. The second-order valence-corrected chi connectivity index (χ2v) is 14.8. The molecule has 2 aliphatic rings. The highest BCUT2D eigenvalue weighted by molar-refractivity contribution is 7.87. The van der Waals surface area contributed by atoms with Crippen LogP contribution in [-0.2, 0) is 21.5 Å². The maximum Gasteiger partial charge on any atom is 0.303 e. The van der Waals surface area contributed by atoms with Gasteiger partial charge in [0.15, 0.2) is 5.60 Å². The number of rotatable bonds is 9. The maximum atomic E-state index is 14.1. The first kappa shape index (κ1) is 33.9. The summed E-state index contributed by atoms with van der Waals surface area (Å²) in [6, 6.07) is 10.3. The molecule has 1 fully saturated rings. The molecule has 13 heteroatoms. The molecular weight excluding hydrogens is 610 g/mol. The third-order valence-electron chi connectivity index (χ3n) is 9.34. The van der Waals surface area contributed by atoms with Crippen LogP contribution in [0.5, 0.6) is 5.75 Å². The van der Waals surface area contributed by atoms with E-state index in [1.54, 1.807) is 31.3 Å². The Morgan fingerprint density at radius 3 is 2.35 bits per heavy atom. The van der Waals surface area contributed by atoms with Crippen LogP contribution in [0.25, 0.3) is 22.2 Å². The van der Waals surface area contributed by atoms with Gasteiger partial charge in [-0.1, -0.05) is 25.3 Å². The Kier molecular flexibility index (Phi) is 9.54. The number of nitrogens with one attached hydrogen (secondary N) is 1. The van der Waals surface area contributed by atoms with Gasteiger partial charge < -0.3 is 29.3 Å². The molecule has 250 valence electrons. The van der Waals surface area contributed by atoms with Crippen molar-refractivity contribution >= 4 is 32.9 Å². The molecular formula is C33H45N5O7S. The number of fused-ring (bicyclic) bond motifs is 5. The Balaban J connectivity index is 1.78. The summed E-state index contributed by atoms with van der Waals surface area (Å²) >= 11 is 0. The van der Waals surface area contributed by atoms with Gasteiger partial charge in [-0.15, -0.1) is 0 Å². The molecule has 1 aliphatic carbocycles. The van der Waals surface area contributed by atoms with E-state index in [1.807, 2.05) is 35.7 Å². The van der Waals surface area contributed by atoms with Crippen LogP contribution in [0.1, 0.15) is 65.6 Å². The molecule has 3 N–H and O–H groups in total. The van der Waals surface area contributed by atoms with Crippen molar-refractivity contribution in [2.45, 2.75) is 56.3 Å². The lowest BCUT2D eigenvalue weighted by atomic mass is 9.80. The summed E-state index contributed by atoms with van der Waals surface area (Å²) in [6.45, 7) is 0.579. The average molecular weight is 656 g/mol. The van der Waals surface area contributed by atoms with Crippen LogP contribution in [-0.4, -0.2) is 110 Å². The molecule has 2 aromatic carbocycles. The summed E-state index contributed by atoms with van der Waals surface area (Å²) in [7, 11) is 5.50. The molecule has 2 heterocycles. The number of aliphatic hydroxyl groups excluding tert-OH is 1. The molecule has 0 bridgehead atoms. The minimum atomic E-state index is -4.05. The molecule has 3 aromatic rings. The summed E-state index contributed by atoms with van der Waals surface area (Å²) < 4.78 is 35.3. The standard InChI is InChI=1S/C33H45N5O7S/c1-35(2)16-17-37(5)32(41)33(42)20-38-27-18-22(31(40)34-46(43,44)36(3)4)12-14-25(27)28(21-10-8-7-9-11-21)29(38)24-15-13-23(45-6)19-26(24)30(33)39/h12-15,18-19,21,30,39,42H,7-11,16-17,20H2,1-6H3,(H,34,40). The molecule has 12 nitrogen and oxygen atoms in total. The SMILES string of the molecule is COc1ccc2c(c1)C(O)C(O)(C(=O)N(C)CCN(C)C)Cn1c-2c(C2CCCCC2)c2ccc(C(=O)NS(=O)(=O)N(C)C)cc21. The number of carbonyl (C=O) groups is 2. The van der Waals surface area contributed by atoms with E-state index < -0.39 is 33.7 Å². The number of hydrogen-bond acceptors (Lipinski definition) is 8. The highest BCUT2D eigenvalue weighted by atomic mass is 32.2. The number of methoxy groups -OCH3 is 1. The van der Waals surface area contributed by atoms with Gasteiger partial charge in [-0.3, -0.25) is 9.59 Å². The monoisotopic (exact) mass is 655 g/mol. The second kappa shape index (κ2) is 13.0. The van der Waals surface area contributed by atoms with Crippen LogP contribution in [0.4, 0.5) is 0 Å². The molecule has 2 unspecified atom stereocenters. The molecule has 0 spiro atoms. The van der Waals surface area contributed by atoms with Crippen molar-refractivity contribution in [1.29, 1.82) is 0 Å². The second-order valence-electron chi connectivity index (χ2n) is 12.9. The molecule has 1 aliphatic heterocycles. The van der Waals surface area contributed by atoms with Crippen molar-refractivity contribution in [1.82, 2.24) is 23.4 Å². The Morgan fingerprint density at radius 1 is 1.02 bits per heavy atom. The topological polar surface area (TPSA) is 145 Å². The Bertz CT molecular complexity index is 1750. The van der Waals surface area contributed by atoms with Gasteiger partial charge >= 0.3 is 10.2 Å². The largest absolute Gasteiger partial charge is 0.497 e. The van der Waals surface area contributed by atoms with Gasteiger partial charge in [-0.2, -0.15) is 12.7 Å². The fourth-order valence-corrected chi connectivity index (χ4v) is 7.24. The van der Waals surface area contributed by atoms with E-state index in [9.17, 15) is 28.2 Å². The normalized spacial score (nSPS) is 20.3. The van der Waals surface area contributed by atoms with Gasteiger partial charge in [0, 0.05) is 56.3 Å². The number of aromatic nitrogens is 1. The summed E-state index contributed by atoms with van der Waals surface area (Å²) in [6.07, 6.45) is 3.53. The number of nitrogens with zero attached hydrogens (tertiary/aromatic N) is 4. The molecule has 46 heavy (non-hydrogen) atoms. The summed E-state index contributed by atoms with van der Waals surface area (Å²) in [5.41, 5.74) is 1.19. The van der Waals surface area contributed by atoms with Crippen molar-refractivity contribution in [2.75, 3.05) is 55.4 Å². The van der Waals surface area contributed by atoms with Gasteiger partial charge in [0.2, 0.25) is 0 Å². The predicted octanol–water partition coefficient (Wildman–Crippen LogP) is 2.70. The van der Waals surface area contributed by atoms with Crippen molar-refractivity contribution in [2.24, 2.45) is 0 Å². The van der Waals surface area contributed by atoms with E-state index in [-0.39, 0.29) is 18.0 Å². The number of amides is 2. The zero-order chi connectivity index (χ0) is 33.6. The lowest BCUT2D eigenvalue weighted by Gasteiger charge is -2.35. The minimum absolute atomic E-state index is 0.103. The van der Waals surface area contributed by atoms with E-state index in [1.165, 1.54) is 26.1 Å². The number of ether oxygens (including phenoxy) is 1. The van der Waals surface area contributed by atoms with Gasteiger partial charge in [0.1, 0.15) is 11.9 Å². The maximum absolute atomic E-state index is 14.1. The van der Waals surface area contributed by atoms with Crippen molar-refractivity contribution in [3.05, 3.63) is 53.1 Å². The van der Waals surface area contributed by atoms with Crippen LogP contribution in [0.3, 0.4) is 0 Å². The number of carbonyl (C=O) groups excluding carboxylic acids is 2. The lowest BCUT2D eigenvalue weighted by molar-refractivity contribution is -0.166. The summed E-state index contributed by atoms with van der Waals surface area (Å²) in [5, 5.41) is 25.2. The number of hydrogen-bond donors (Lipinski definition) is 3. The van der Waals surface area contributed by atoms with E-state index in [0.717, 1.165) is 53.1 Å². The number of benzene rings is 2. The van der Waals surface area contributed by atoms with Crippen molar-refractivity contribution in [3.8, 4) is 17.0 Å². The van der Waals surface area contributed by atoms with E-state index in [0.29, 0.717) is 35.5 Å². The van der Waals surface area contributed by atoms with E-state index in [2.05, 4.69) is 4.72 Å². The van der Waals surface area contributed by atoms with E-state index in [4.69, 9.17) is 4.74 Å². The van der Waals surface area contributed by atoms with E-state index >= 15 is 0 Å². The average Bonchev–Trinajstić information content (AvgIpc) is 3.30. The first-order valence-corrected chi connectivity index (χ1v) is 17.0. The Hall–Kier alpha value is -3.49. The smallest absolute Gasteiger partial charge is 0.303 e. The van der Waals surface area contributed by atoms with Crippen molar-refractivity contribution in [3.63, 3.8) is 0 Å². The van der Waals surface area contributed by atoms with Crippen LogP contribution in [0.2, 0.25) is 0 Å². The molecule has 1 saturated carbocycles. The summed E-state index contributed by atoms with van der Waals surface area (Å²) in [5.74, 6) is -0.814. The van der Waals surface area contributed by atoms with Crippen LogP contribution in [0, 0.1) is 0 Å². The minimum Gasteiger partial charge on any atom is -0.497 e. The fourth-order valence-electron chi connectivity index (χ4n) is 6.71. The number of aliphatic hydroxyl groups is 2. The van der Waals surface area contributed by atoms with Gasteiger partial charge in [-0.05, 0) is 74.3 Å². The third-order valence-corrected chi connectivity index (χ3v) is 10.7. The fraction of sp³-hybridized carbons (Fsp3) is 0.515. The lowest BCUT2D eigenvalue weighted by Crippen LogP contribution is -2.54. The first-order valence-electron chi connectivity index (χ1n) is 15.6. The molecule has 0 saturated heterocycles.